The lowest BCUT2D eigenvalue weighted by molar-refractivity contribution is 0.568. The first-order chi connectivity index (χ1) is 8.88. The average Bonchev–Trinajstić information content (AvgIpc) is 2.72. The maximum absolute atomic E-state index is 11.6. The normalized spacial score (nSPS) is 13.4. The molecule has 0 fully saturated rings. The Balaban J connectivity index is 2.53. The van der Waals surface area contributed by atoms with Crippen LogP contribution < -0.4 is 4.72 Å². The first kappa shape index (κ1) is 13.8. The van der Waals surface area contributed by atoms with Crippen LogP contribution in [0.1, 0.15) is 23.0 Å². The molecule has 102 valence electrons. The molecule has 0 amide bonds. The van der Waals surface area contributed by atoms with E-state index in [1.165, 1.54) is 0 Å². The van der Waals surface area contributed by atoms with Crippen LogP contribution in [0.15, 0.2) is 36.7 Å². The molecule has 2 aromatic rings. The molecule has 2 rings (SSSR count). The monoisotopic (exact) mass is 279 g/mol. The maximum atomic E-state index is 11.6. The molecule has 1 aromatic carbocycles. The Bertz CT molecular complexity index is 677. The summed E-state index contributed by atoms with van der Waals surface area (Å²) in [6.07, 6.45) is 4.61. The first-order valence-electron chi connectivity index (χ1n) is 5.88. The highest BCUT2D eigenvalue weighted by atomic mass is 32.2. The number of imidazole rings is 1. The predicted molar refractivity (Wildman–Crippen MR) is 74.2 cm³/mol. The van der Waals surface area contributed by atoms with E-state index in [1.807, 2.05) is 42.8 Å². The van der Waals surface area contributed by atoms with Crippen LogP contribution in [0.25, 0.3) is 0 Å². The zero-order valence-corrected chi connectivity index (χ0v) is 12.0. The molecule has 5 nitrogen and oxygen atoms in total. The van der Waals surface area contributed by atoms with Crippen LogP contribution >= 0.6 is 0 Å². The fraction of sp³-hybridized carbons (Fsp3) is 0.308. The van der Waals surface area contributed by atoms with Crippen molar-refractivity contribution in [2.75, 3.05) is 6.26 Å². The van der Waals surface area contributed by atoms with Crippen LogP contribution in [0.2, 0.25) is 0 Å². The SMILES string of the molecule is Cc1ccccc1C(NS(C)(=O)=O)c1nccn1C. The number of sulfonamides is 1. The molecule has 1 aromatic heterocycles. The van der Waals surface area contributed by atoms with Gasteiger partial charge in [-0.25, -0.2) is 18.1 Å². The third-order valence-corrected chi connectivity index (χ3v) is 3.61. The van der Waals surface area contributed by atoms with Gasteiger partial charge in [-0.3, -0.25) is 0 Å². The van der Waals surface area contributed by atoms with Crippen LogP contribution in [-0.4, -0.2) is 24.2 Å². The Morgan fingerprint density at radius 2 is 2.00 bits per heavy atom. The van der Waals surface area contributed by atoms with Crippen LogP contribution in [0.4, 0.5) is 0 Å². The largest absolute Gasteiger partial charge is 0.336 e. The molecule has 0 saturated heterocycles. The fourth-order valence-electron chi connectivity index (χ4n) is 2.04. The van der Waals surface area contributed by atoms with E-state index in [0.717, 1.165) is 17.4 Å². The van der Waals surface area contributed by atoms with Gasteiger partial charge in [-0.1, -0.05) is 24.3 Å². The summed E-state index contributed by atoms with van der Waals surface area (Å²) in [5.41, 5.74) is 1.92. The van der Waals surface area contributed by atoms with Gasteiger partial charge in [-0.05, 0) is 18.1 Å². The minimum Gasteiger partial charge on any atom is -0.336 e. The van der Waals surface area contributed by atoms with E-state index in [2.05, 4.69) is 9.71 Å². The number of nitrogens with one attached hydrogen (secondary N) is 1. The number of benzene rings is 1. The molecule has 0 saturated carbocycles. The highest BCUT2D eigenvalue weighted by Gasteiger charge is 2.23. The Labute approximate surface area is 113 Å². The molecule has 1 unspecified atom stereocenters. The lowest BCUT2D eigenvalue weighted by Gasteiger charge is -2.19. The van der Waals surface area contributed by atoms with Crippen LogP contribution in [-0.2, 0) is 17.1 Å². The summed E-state index contributed by atoms with van der Waals surface area (Å²) < 4.78 is 27.6. The Morgan fingerprint density at radius 1 is 1.32 bits per heavy atom. The van der Waals surface area contributed by atoms with Crippen molar-refractivity contribution in [2.24, 2.45) is 7.05 Å². The van der Waals surface area contributed by atoms with E-state index in [9.17, 15) is 8.42 Å². The van der Waals surface area contributed by atoms with Crippen molar-refractivity contribution in [3.8, 4) is 0 Å². The molecule has 0 aliphatic rings. The Hall–Kier alpha value is -1.66. The van der Waals surface area contributed by atoms with Gasteiger partial charge in [-0.15, -0.1) is 0 Å². The smallest absolute Gasteiger partial charge is 0.209 e. The summed E-state index contributed by atoms with van der Waals surface area (Å²) in [6.45, 7) is 1.95. The molecule has 6 heteroatoms. The van der Waals surface area contributed by atoms with E-state index in [4.69, 9.17) is 0 Å². The minimum atomic E-state index is -3.33. The van der Waals surface area contributed by atoms with Gasteiger partial charge in [0, 0.05) is 19.4 Å². The van der Waals surface area contributed by atoms with E-state index in [-0.39, 0.29) is 0 Å². The van der Waals surface area contributed by atoms with Crippen molar-refractivity contribution >= 4 is 10.0 Å². The molecule has 1 heterocycles. The van der Waals surface area contributed by atoms with Crippen LogP contribution in [0.5, 0.6) is 0 Å². The Morgan fingerprint density at radius 3 is 2.53 bits per heavy atom. The van der Waals surface area contributed by atoms with Crippen molar-refractivity contribution in [3.63, 3.8) is 0 Å². The quantitative estimate of drug-likeness (QED) is 0.919. The van der Waals surface area contributed by atoms with Gasteiger partial charge in [0.15, 0.2) is 0 Å². The number of nitrogens with zero attached hydrogens (tertiary/aromatic N) is 2. The second-order valence-electron chi connectivity index (χ2n) is 4.58. The lowest BCUT2D eigenvalue weighted by Crippen LogP contribution is -2.30. The maximum Gasteiger partial charge on any atom is 0.209 e. The molecule has 0 bridgehead atoms. The summed E-state index contributed by atoms with van der Waals surface area (Å²) in [5, 5.41) is 0. The number of rotatable bonds is 4. The lowest BCUT2D eigenvalue weighted by atomic mass is 10.0. The highest BCUT2D eigenvalue weighted by Crippen LogP contribution is 2.23. The van der Waals surface area contributed by atoms with E-state index in [1.54, 1.807) is 12.4 Å². The number of aryl methyl sites for hydroxylation is 2. The standard InChI is InChI=1S/C13H17N3O2S/c1-10-6-4-5-7-11(10)12(15-19(3,17)18)13-14-8-9-16(13)2/h4-9,12,15H,1-3H3. The van der Waals surface area contributed by atoms with Gasteiger partial charge in [-0.2, -0.15) is 0 Å². The summed E-state index contributed by atoms with van der Waals surface area (Å²) in [7, 11) is -1.49. The van der Waals surface area contributed by atoms with E-state index < -0.39 is 16.1 Å². The third kappa shape index (κ3) is 3.21. The summed E-state index contributed by atoms with van der Waals surface area (Å²) in [4.78, 5) is 4.25. The van der Waals surface area contributed by atoms with Crippen LogP contribution in [0.3, 0.4) is 0 Å². The van der Waals surface area contributed by atoms with Gasteiger partial charge in [0.1, 0.15) is 11.9 Å². The molecule has 0 aliphatic carbocycles. The molecule has 0 aliphatic heterocycles. The van der Waals surface area contributed by atoms with Crippen molar-refractivity contribution in [1.82, 2.24) is 14.3 Å². The van der Waals surface area contributed by atoms with Crippen molar-refractivity contribution in [2.45, 2.75) is 13.0 Å². The zero-order chi connectivity index (χ0) is 14.0. The second-order valence-corrected chi connectivity index (χ2v) is 6.36. The number of hydrogen-bond donors (Lipinski definition) is 1. The summed E-state index contributed by atoms with van der Waals surface area (Å²) >= 11 is 0. The molecule has 19 heavy (non-hydrogen) atoms. The zero-order valence-electron chi connectivity index (χ0n) is 11.2. The predicted octanol–water partition coefficient (Wildman–Crippen LogP) is 1.37. The third-order valence-electron chi connectivity index (χ3n) is 2.95. The molecule has 1 N–H and O–H groups in total. The molecular formula is C13H17N3O2S. The van der Waals surface area contributed by atoms with Crippen LogP contribution in [0, 0.1) is 6.92 Å². The van der Waals surface area contributed by atoms with Gasteiger partial charge >= 0.3 is 0 Å². The van der Waals surface area contributed by atoms with Gasteiger partial charge in [0.25, 0.3) is 0 Å². The molecule has 1 atom stereocenters. The number of hydrogen-bond acceptors (Lipinski definition) is 3. The van der Waals surface area contributed by atoms with Crippen molar-refractivity contribution in [3.05, 3.63) is 53.6 Å². The minimum absolute atomic E-state index is 0.476. The topological polar surface area (TPSA) is 64.0 Å². The Kier molecular flexibility index (Phi) is 3.73. The summed E-state index contributed by atoms with van der Waals surface area (Å²) in [5.74, 6) is 0.666. The first-order valence-corrected chi connectivity index (χ1v) is 7.77. The molecule has 0 spiro atoms. The van der Waals surface area contributed by atoms with Gasteiger partial charge in [0.2, 0.25) is 10.0 Å². The van der Waals surface area contributed by atoms with E-state index in [0.29, 0.717) is 5.82 Å². The molecule has 0 radical (unpaired) electrons. The average molecular weight is 279 g/mol. The van der Waals surface area contributed by atoms with E-state index >= 15 is 0 Å². The number of aromatic nitrogens is 2. The fourth-order valence-corrected chi connectivity index (χ4v) is 2.70. The van der Waals surface area contributed by atoms with Crippen molar-refractivity contribution < 1.29 is 8.42 Å². The van der Waals surface area contributed by atoms with Gasteiger partial charge < -0.3 is 4.57 Å². The second kappa shape index (κ2) is 5.14. The highest BCUT2D eigenvalue weighted by molar-refractivity contribution is 7.88. The van der Waals surface area contributed by atoms with Crippen molar-refractivity contribution in [1.29, 1.82) is 0 Å². The van der Waals surface area contributed by atoms with Gasteiger partial charge in [0.05, 0.1) is 6.26 Å². The molecular weight excluding hydrogens is 262 g/mol. The summed E-state index contributed by atoms with van der Waals surface area (Å²) in [6, 6.07) is 7.20.